The number of guanidine groups is 1. The highest BCUT2D eigenvalue weighted by atomic mass is 16.7. The lowest BCUT2D eigenvalue weighted by atomic mass is 10.1. The van der Waals surface area contributed by atoms with Gasteiger partial charge < -0.3 is 20.9 Å². The molecule has 0 aliphatic carbocycles. The van der Waals surface area contributed by atoms with Gasteiger partial charge in [0.15, 0.2) is 6.29 Å². The van der Waals surface area contributed by atoms with Gasteiger partial charge in [0, 0.05) is 11.1 Å². The molecule has 0 atom stereocenters. The molecule has 0 radical (unpaired) electrons. The topological polar surface area (TPSA) is 95.2 Å². The lowest BCUT2D eigenvalue weighted by Gasteiger charge is -2.24. The number of hydrogen-bond acceptors (Lipinski definition) is 4. The molecule has 1 aromatic carbocycles. The van der Waals surface area contributed by atoms with Crippen LogP contribution in [0.25, 0.3) is 0 Å². The Labute approximate surface area is 105 Å². The zero-order chi connectivity index (χ0) is 12.8. The summed E-state index contributed by atoms with van der Waals surface area (Å²) in [4.78, 5) is 0. The minimum Gasteiger partial charge on any atom is -0.369 e. The number of benzene rings is 1. The van der Waals surface area contributed by atoms with Crippen molar-refractivity contribution < 1.29 is 9.47 Å². The lowest BCUT2D eigenvalue weighted by Crippen LogP contribution is -2.21. The maximum atomic E-state index is 5.56. The van der Waals surface area contributed by atoms with E-state index in [1.165, 1.54) is 0 Å². The zero-order valence-electron chi connectivity index (χ0n) is 9.95. The zero-order valence-corrected chi connectivity index (χ0v) is 9.95. The van der Waals surface area contributed by atoms with Crippen LogP contribution in [0.1, 0.15) is 23.8 Å². The van der Waals surface area contributed by atoms with E-state index in [1.807, 2.05) is 24.3 Å². The maximum Gasteiger partial charge on any atom is 0.211 e. The van der Waals surface area contributed by atoms with Crippen LogP contribution < -0.4 is 11.5 Å². The van der Waals surface area contributed by atoms with Gasteiger partial charge in [0.2, 0.25) is 5.96 Å². The van der Waals surface area contributed by atoms with Gasteiger partial charge in [-0.2, -0.15) is 5.10 Å². The minimum absolute atomic E-state index is 0.0751. The Morgan fingerprint density at radius 1 is 1.22 bits per heavy atom. The third-order valence-corrected chi connectivity index (χ3v) is 2.45. The predicted octanol–water partition coefficient (Wildman–Crippen LogP) is 0.729. The van der Waals surface area contributed by atoms with Crippen LogP contribution in [0.3, 0.4) is 0 Å². The van der Waals surface area contributed by atoms with Gasteiger partial charge in [-0.15, -0.1) is 5.10 Å². The van der Waals surface area contributed by atoms with Crippen molar-refractivity contribution >= 4 is 12.2 Å². The Hall–Kier alpha value is -1.92. The van der Waals surface area contributed by atoms with Crippen molar-refractivity contribution in [1.29, 1.82) is 0 Å². The molecule has 0 saturated carbocycles. The Kier molecular flexibility index (Phi) is 4.27. The summed E-state index contributed by atoms with van der Waals surface area (Å²) in [5.41, 5.74) is 12.2. The molecule has 18 heavy (non-hydrogen) atoms. The average Bonchev–Trinajstić information content (AvgIpc) is 2.40. The van der Waals surface area contributed by atoms with Crippen LogP contribution in [0.15, 0.2) is 34.5 Å². The highest BCUT2D eigenvalue weighted by Gasteiger charge is 2.18. The standard InChI is InChI=1S/C12H16N4O2/c13-12(14)16-15-8-9-4-1-2-5-10(9)11-17-6-3-7-18-11/h1-2,4-5,8,11H,3,6-7H2,(H4,13,14,16). The molecule has 6 nitrogen and oxygen atoms in total. The Balaban J connectivity index is 2.19. The predicted molar refractivity (Wildman–Crippen MR) is 69.1 cm³/mol. The quantitative estimate of drug-likeness (QED) is 0.468. The highest BCUT2D eigenvalue weighted by molar-refractivity contribution is 5.83. The van der Waals surface area contributed by atoms with Crippen molar-refractivity contribution in [1.82, 2.24) is 0 Å². The van der Waals surface area contributed by atoms with E-state index in [4.69, 9.17) is 20.9 Å². The number of hydrogen-bond donors (Lipinski definition) is 2. The second kappa shape index (κ2) is 6.13. The average molecular weight is 248 g/mol. The maximum absolute atomic E-state index is 5.56. The summed E-state index contributed by atoms with van der Waals surface area (Å²) in [7, 11) is 0. The van der Waals surface area contributed by atoms with E-state index < -0.39 is 0 Å². The van der Waals surface area contributed by atoms with Crippen molar-refractivity contribution in [3.05, 3.63) is 35.4 Å². The van der Waals surface area contributed by atoms with Crippen LogP contribution in [-0.2, 0) is 9.47 Å². The summed E-state index contributed by atoms with van der Waals surface area (Å²) in [6.45, 7) is 1.40. The number of rotatable bonds is 3. The van der Waals surface area contributed by atoms with Gasteiger partial charge in [0.25, 0.3) is 0 Å². The fourth-order valence-corrected chi connectivity index (χ4v) is 1.67. The summed E-state index contributed by atoms with van der Waals surface area (Å²) < 4.78 is 11.1. The molecule has 0 spiro atoms. The van der Waals surface area contributed by atoms with E-state index in [-0.39, 0.29) is 12.2 Å². The molecule has 0 amide bonds. The molecule has 4 N–H and O–H groups in total. The van der Waals surface area contributed by atoms with E-state index >= 15 is 0 Å². The van der Waals surface area contributed by atoms with Crippen LogP contribution in [0, 0.1) is 0 Å². The van der Waals surface area contributed by atoms with Crippen LogP contribution in [0.2, 0.25) is 0 Å². The number of nitrogens with two attached hydrogens (primary N) is 2. The molecule has 1 fully saturated rings. The van der Waals surface area contributed by atoms with Crippen molar-refractivity contribution in [2.75, 3.05) is 13.2 Å². The number of ether oxygens (including phenoxy) is 2. The molecular formula is C12H16N4O2. The third kappa shape index (κ3) is 3.28. The van der Waals surface area contributed by atoms with Gasteiger partial charge >= 0.3 is 0 Å². The van der Waals surface area contributed by atoms with Crippen LogP contribution >= 0.6 is 0 Å². The molecule has 0 unspecified atom stereocenters. The van der Waals surface area contributed by atoms with Gasteiger partial charge in [0.1, 0.15) is 0 Å². The first-order chi connectivity index (χ1) is 8.77. The normalized spacial score (nSPS) is 16.9. The van der Waals surface area contributed by atoms with Crippen LogP contribution in [0.4, 0.5) is 0 Å². The van der Waals surface area contributed by atoms with Crippen molar-refractivity contribution in [2.45, 2.75) is 12.7 Å². The summed E-state index contributed by atoms with van der Waals surface area (Å²) in [5, 5.41) is 7.36. The van der Waals surface area contributed by atoms with Crippen molar-refractivity contribution in [3.63, 3.8) is 0 Å². The fraction of sp³-hybridized carbons (Fsp3) is 0.333. The molecule has 0 bridgehead atoms. The molecule has 1 aliphatic rings. The highest BCUT2D eigenvalue weighted by Crippen LogP contribution is 2.24. The summed E-state index contributed by atoms with van der Waals surface area (Å²) in [6.07, 6.45) is 2.15. The van der Waals surface area contributed by atoms with Gasteiger partial charge in [0.05, 0.1) is 19.4 Å². The van der Waals surface area contributed by atoms with Crippen molar-refractivity contribution in [2.24, 2.45) is 21.7 Å². The van der Waals surface area contributed by atoms with E-state index in [0.717, 1.165) is 17.5 Å². The van der Waals surface area contributed by atoms with E-state index in [1.54, 1.807) is 6.21 Å². The monoisotopic (exact) mass is 248 g/mol. The molecule has 6 heteroatoms. The summed E-state index contributed by atoms with van der Waals surface area (Å²) in [5.74, 6) is -0.0751. The van der Waals surface area contributed by atoms with Crippen LogP contribution in [-0.4, -0.2) is 25.4 Å². The lowest BCUT2D eigenvalue weighted by molar-refractivity contribution is -0.183. The smallest absolute Gasteiger partial charge is 0.211 e. The number of nitrogens with zero attached hydrogens (tertiary/aromatic N) is 2. The first-order valence-corrected chi connectivity index (χ1v) is 5.71. The second-order valence-electron chi connectivity index (χ2n) is 3.83. The van der Waals surface area contributed by atoms with E-state index in [2.05, 4.69) is 10.2 Å². The SMILES string of the molecule is NC(N)=NN=Cc1ccccc1C1OCCCO1. The van der Waals surface area contributed by atoms with Gasteiger partial charge in [-0.05, 0) is 6.42 Å². The summed E-state index contributed by atoms with van der Waals surface area (Å²) >= 11 is 0. The molecule has 1 saturated heterocycles. The third-order valence-electron chi connectivity index (χ3n) is 2.45. The van der Waals surface area contributed by atoms with Crippen LogP contribution in [0.5, 0.6) is 0 Å². The fourth-order valence-electron chi connectivity index (χ4n) is 1.67. The summed E-state index contributed by atoms with van der Waals surface area (Å²) in [6, 6.07) is 7.67. The Morgan fingerprint density at radius 2 is 1.94 bits per heavy atom. The molecule has 1 heterocycles. The molecular weight excluding hydrogens is 232 g/mol. The van der Waals surface area contributed by atoms with E-state index in [9.17, 15) is 0 Å². The first kappa shape index (κ1) is 12.5. The molecule has 1 aromatic rings. The Morgan fingerprint density at radius 3 is 2.67 bits per heavy atom. The molecule has 0 aromatic heterocycles. The van der Waals surface area contributed by atoms with Gasteiger partial charge in [-0.1, -0.05) is 24.3 Å². The largest absolute Gasteiger partial charge is 0.369 e. The van der Waals surface area contributed by atoms with E-state index in [0.29, 0.717) is 13.2 Å². The first-order valence-electron chi connectivity index (χ1n) is 5.71. The minimum atomic E-state index is -0.347. The van der Waals surface area contributed by atoms with Crippen molar-refractivity contribution in [3.8, 4) is 0 Å². The molecule has 1 aliphatic heterocycles. The molecule has 96 valence electrons. The van der Waals surface area contributed by atoms with Gasteiger partial charge in [-0.25, -0.2) is 0 Å². The molecule has 2 rings (SSSR count). The second-order valence-corrected chi connectivity index (χ2v) is 3.83. The van der Waals surface area contributed by atoms with Gasteiger partial charge in [-0.3, -0.25) is 0 Å². The Bertz CT molecular complexity index is 449.